The van der Waals surface area contributed by atoms with Gasteiger partial charge < -0.3 is 14.4 Å². The standard InChI is InChI=1S/C30H37F7NO4P/c1-3-5-18-41-43(40,42-19-6-4-2)20-12-11-17-27(26(39)38-21-28(31,32)29(33,34)30(35,36)37)24-15-9-7-13-22(24)23-14-8-10-16-25(23)27/h7-10,13-16H,3-6,11-12,17-21H2,1-2H3,(H,38,39). The Balaban J connectivity index is 1.89. The summed E-state index contributed by atoms with van der Waals surface area (Å²) in [5.74, 6) is -13.1. The van der Waals surface area contributed by atoms with Gasteiger partial charge in [0.05, 0.1) is 25.9 Å². The largest absolute Gasteiger partial charge is 0.459 e. The summed E-state index contributed by atoms with van der Waals surface area (Å²) in [5.41, 5.74) is 0.351. The number of nitrogens with one attached hydrogen (secondary N) is 1. The van der Waals surface area contributed by atoms with E-state index in [0.29, 0.717) is 35.1 Å². The molecule has 1 amide bonds. The highest BCUT2D eigenvalue weighted by Crippen LogP contribution is 2.53. The minimum Gasteiger partial charge on any atom is -0.349 e. The van der Waals surface area contributed by atoms with Gasteiger partial charge in [-0.1, -0.05) is 81.6 Å². The van der Waals surface area contributed by atoms with Crippen molar-refractivity contribution in [2.45, 2.75) is 82.2 Å². The Morgan fingerprint density at radius 2 is 1.28 bits per heavy atom. The maximum Gasteiger partial charge on any atom is 0.459 e. The molecule has 0 atom stereocenters. The van der Waals surface area contributed by atoms with Crippen molar-refractivity contribution in [2.75, 3.05) is 25.9 Å². The van der Waals surface area contributed by atoms with Gasteiger partial charge in [-0.15, -0.1) is 0 Å². The molecule has 0 saturated carbocycles. The molecule has 0 fully saturated rings. The van der Waals surface area contributed by atoms with Crippen molar-refractivity contribution < 1.29 is 49.1 Å². The van der Waals surface area contributed by atoms with Crippen LogP contribution in [0.4, 0.5) is 30.7 Å². The molecule has 1 aliphatic carbocycles. The number of amides is 1. The van der Waals surface area contributed by atoms with Gasteiger partial charge in [-0.2, -0.15) is 30.7 Å². The topological polar surface area (TPSA) is 64.6 Å². The van der Waals surface area contributed by atoms with E-state index in [1.807, 2.05) is 13.8 Å². The monoisotopic (exact) mass is 639 g/mol. The highest BCUT2D eigenvalue weighted by atomic mass is 31.2. The Labute approximate surface area is 247 Å². The van der Waals surface area contributed by atoms with Crippen molar-refractivity contribution in [2.24, 2.45) is 0 Å². The molecule has 3 rings (SSSR count). The second kappa shape index (κ2) is 14.1. The molecule has 1 N–H and O–H groups in total. The lowest BCUT2D eigenvalue weighted by Crippen LogP contribution is -2.58. The maximum absolute atomic E-state index is 14.2. The molecule has 0 spiro atoms. The fourth-order valence-corrected chi connectivity index (χ4v) is 6.93. The summed E-state index contributed by atoms with van der Waals surface area (Å²) in [6.07, 6.45) is -3.07. The first-order valence-corrected chi connectivity index (χ1v) is 16.1. The molecule has 43 heavy (non-hydrogen) atoms. The number of alkyl halides is 7. The highest BCUT2D eigenvalue weighted by Gasteiger charge is 2.73. The number of fused-ring (bicyclic) bond motifs is 3. The van der Waals surface area contributed by atoms with E-state index in [-0.39, 0.29) is 38.6 Å². The number of rotatable bonds is 17. The molecule has 2 aromatic rings. The number of hydrogen-bond donors (Lipinski definition) is 1. The number of carbonyl (C=O) groups is 1. The summed E-state index contributed by atoms with van der Waals surface area (Å²) >= 11 is 0. The van der Waals surface area contributed by atoms with Crippen molar-refractivity contribution in [3.05, 3.63) is 59.7 Å². The van der Waals surface area contributed by atoms with Crippen molar-refractivity contribution in [1.29, 1.82) is 0 Å². The van der Waals surface area contributed by atoms with E-state index < -0.39 is 43.5 Å². The lowest BCUT2D eigenvalue weighted by atomic mass is 9.73. The van der Waals surface area contributed by atoms with E-state index in [1.165, 1.54) is 0 Å². The molecule has 13 heteroatoms. The van der Waals surface area contributed by atoms with Crippen LogP contribution in [0.15, 0.2) is 48.5 Å². The zero-order chi connectivity index (χ0) is 31.9. The molecule has 5 nitrogen and oxygen atoms in total. The summed E-state index contributed by atoms with van der Waals surface area (Å²) in [4.78, 5) is 13.8. The van der Waals surface area contributed by atoms with Gasteiger partial charge in [0.25, 0.3) is 0 Å². The summed E-state index contributed by atoms with van der Waals surface area (Å²) in [7, 11) is -3.48. The normalized spacial score (nSPS) is 14.8. The van der Waals surface area contributed by atoms with E-state index in [0.717, 1.165) is 12.8 Å². The van der Waals surface area contributed by atoms with Gasteiger partial charge in [-0.3, -0.25) is 9.36 Å². The zero-order valence-electron chi connectivity index (χ0n) is 24.1. The lowest BCUT2D eigenvalue weighted by molar-refractivity contribution is -0.352. The zero-order valence-corrected chi connectivity index (χ0v) is 25.0. The van der Waals surface area contributed by atoms with E-state index in [4.69, 9.17) is 9.05 Å². The molecule has 0 aromatic heterocycles. The van der Waals surface area contributed by atoms with Crippen LogP contribution in [0.1, 0.15) is 69.9 Å². The summed E-state index contributed by atoms with van der Waals surface area (Å²) < 4.78 is 118. The van der Waals surface area contributed by atoms with Crippen LogP contribution in [-0.4, -0.2) is 49.8 Å². The molecule has 1 aliphatic rings. The number of hydrogen-bond acceptors (Lipinski definition) is 4. The van der Waals surface area contributed by atoms with Crippen molar-refractivity contribution >= 4 is 13.5 Å². The van der Waals surface area contributed by atoms with Crippen molar-refractivity contribution in [3.63, 3.8) is 0 Å². The fourth-order valence-electron chi connectivity index (χ4n) is 5.17. The first-order chi connectivity index (χ1) is 20.2. The van der Waals surface area contributed by atoms with Crippen LogP contribution >= 0.6 is 7.60 Å². The first-order valence-electron chi connectivity index (χ1n) is 14.3. The molecular weight excluding hydrogens is 602 g/mol. The number of carbonyl (C=O) groups excluding carboxylic acids is 1. The van der Waals surface area contributed by atoms with Gasteiger partial charge in [-0.25, -0.2) is 0 Å². The summed E-state index contributed by atoms with van der Waals surface area (Å²) in [6.45, 7) is 2.16. The molecule has 240 valence electrons. The number of unbranched alkanes of at least 4 members (excludes halogenated alkanes) is 3. The van der Waals surface area contributed by atoms with Crippen LogP contribution in [0, 0.1) is 0 Å². The molecule has 0 radical (unpaired) electrons. The van der Waals surface area contributed by atoms with Gasteiger partial charge in [0, 0.05) is 0 Å². The summed E-state index contributed by atoms with van der Waals surface area (Å²) in [5, 5.41) is 1.72. The van der Waals surface area contributed by atoms with Gasteiger partial charge >= 0.3 is 25.6 Å². The van der Waals surface area contributed by atoms with E-state index in [9.17, 15) is 40.1 Å². The predicted octanol–water partition coefficient (Wildman–Crippen LogP) is 8.90. The SMILES string of the molecule is CCCCOP(=O)(CCCCC1(C(=O)NCC(F)(F)C(F)(F)C(F)(F)F)c2ccccc2-c2ccccc21)OCCCC. The smallest absolute Gasteiger partial charge is 0.349 e. The number of benzene rings is 2. The Bertz CT molecular complexity index is 1230. The van der Waals surface area contributed by atoms with Gasteiger partial charge in [0.2, 0.25) is 5.91 Å². The minimum atomic E-state index is -6.52. The highest BCUT2D eigenvalue weighted by molar-refractivity contribution is 7.53. The molecule has 0 aliphatic heterocycles. The van der Waals surface area contributed by atoms with Gasteiger partial charge in [0.15, 0.2) is 0 Å². The predicted molar refractivity (Wildman–Crippen MR) is 150 cm³/mol. The number of halogens is 7. The Morgan fingerprint density at radius 3 is 1.74 bits per heavy atom. The Kier molecular flexibility index (Phi) is 11.5. The van der Waals surface area contributed by atoms with Crippen molar-refractivity contribution in [3.8, 4) is 11.1 Å². The van der Waals surface area contributed by atoms with Crippen LogP contribution in [0.3, 0.4) is 0 Å². The van der Waals surface area contributed by atoms with Crippen LogP contribution in [0.25, 0.3) is 11.1 Å². The molecule has 2 aromatic carbocycles. The van der Waals surface area contributed by atoms with E-state index >= 15 is 0 Å². The van der Waals surface area contributed by atoms with E-state index in [2.05, 4.69) is 0 Å². The average Bonchev–Trinajstić information content (AvgIpc) is 3.24. The summed E-state index contributed by atoms with van der Waals surface area (Å²) in [6, 6.07) is 13.3. The second-order valence-electron chi connectivity index (χ2n) is 10.6. The first kappa shape index (κ1) is 35.1. The third-order valence-electron chi connectivity index (χ3n) is 7.54. The molecule has 0 saturated heterocycles. The average molecular weight is 640 g/mol. The molecule has 0 bridgehead atoms. The quantitative estimate of drug-likeness (QED) is 0.107. The van der Waals surface area contributed by atoms with E-state index in [1.54, 1.807) is 53.8 Å². The maximum atomic E-state index is 14.2. The van der Waals surface area contributed by atoms with Crippen molar-refractivity contribution in [1.82, 2.24) is 5.32 Å². The van der Waals surface area contributed by atoms with Crippen LogP contribution in [-0.2, 0) is 23.8 Å². The lowest BCUT2D eigenvalue weighted by Gasteiger charge is -2.33. The van der Waals surface area contributed by atoms with Crippen LogP contribution in [0.5, 0.6) is 0 Å². The van der Waals surface area contributed by atoms with Gasteiger partial charge in [-0.05, 0) is 47.9 Å². The Morgan fingerprint density at radius 1 is 0.791 bits per heavy atom. The third kappa shape index (κ3) is 7.45. The third-order valence-corrected chi connectivity index (χ3v) is 9.56. The van der Waals surface area contributed by atoms with Gasteiger partial charge in [0.1, 0.15) is 5.41 Å². The van der Waals surface area contributed by atoms with Crippen LogP contribution in [0.2, 0.25) is 0 Å². The van der Waals surface area contributed by atoms with Crippen LogP contribution < -0.4 is 5.32 Å². The molecular formula is C30H37F7NO4P. The fraction of sp³-hybridized carbons (Fsp3) is 0.567. The minimum absolute atomic E-state index is 0.0251. The molecule has 0 heterocycles. The Hall–Kier alpha value is -2.43. The molecule has 0 unspecified atom stereocenters. The second-order valence-corrected chi connectivity index (χ2v) is 12.8.